The molecule has 0 spiro atoms. The van der Waals surface area contributed by atoms with E-state index >= 15 is 0 Å². The highest BCUT2D eigenvalue weighted by Crippen LogP contribution is 2.34. The molecule has 2 N–H and O–H groups in total. The van der Waals surface area contributed by atoms with E-state index in [2.05, 4.69) is 10.6 Å². The lowest BCUT2D eigenvalue weighted by atomic mass is 10.1. The second-order valence-corrected chi connectivity index (χ2v) is 9.09. The summed E-state index contributed by atoms with van der Waals surface area (Å²) in [7, 11) is 0. The van der Waals surface area contributed by atoms with Gasteiger partial charge in [-0.15, -0.1) is 0 Å². The molecule has 1 aliphatic heterocycles. The highest BCUT2D eigenvalue weighted by Gasteiger charge is 2.39. The molecule has 1 heterocycles. The maximum Gasteiger partial charge on any atom is 0.416 e. The van der Waals surface area contributed by atoms with Crippen molar-refractivity contribution in [2.75, 3.05) is 22.1 Å². The normalized spacial score (nSPS) is 13.6. The molecular weight excluding hydrogens is 558 g/mol. The van der Waals surface area contributed by atoms with E-state index in [9.17, 15) is 27.6 Å². The van der Waals surface area contributed by atoms with Crippen LogP contribution < -0.4 is 20.3 Å². The molecule has 0 fully saturated rings. The smallest absolute Gasteiger partial charge is 0.416 e. The molecule has 3 aromatic carbocycles. The van der Waals surface area contributed by atoms with Gasteiger partial charge in [-0.05, 0) is 67.1 Å². The molecule has 0 aromatic heterocycles. The van der Waals surface area contributed by atoms with Gasteiger partial charge in [-0.2, -0.15) is 13.2 Å². The topological polar surface area (TPSA) is 87.7 Å². The summed E-state index contributed by atoms with van der Waals surface area (Å²) < 4.78 is 44.3. The number of carbonyl (C=O) groups is 3. The average molecular weight is 578 g/mol. The predicted molar refractivity (Wildman–Crippen MR) is 142 cm³/mol. The van der Waals surface area contributed by atoms with Crippen molar-refractivity contribution in [2.24, 2.45) is 0 Å². The number of alkyl halides is 3. The summed E-state index contributed by atoms with van der Waals surface area (Å²) in [6.45, 7) is 2.30. The number of ether oxygens (including phenoxy) is 1. The monoisotopic (exact) mass is 577 g/mol. The molecule has 0 radical (unpaired) electrons. The first-order valence-corrected chi connectivity index (χ1v) is 12.3. The van der Waals surface area contributed by atoms with Crippen molar-refractivity contribution in [3.05, 3.63) is 93.6 Å². The number of hydrogen-bond acceptors (Lipinski definition) is 5. The van der Waals surface area contributed by atoms with Gasteiger partial charge in [-0.1, -0.05) is 35.3 Å². The highest BCUT2D eigenvalue weighted by atomic mass is 35.5. The van der Waals surface area contributed by atoms with Crippen molar-refractivity contribution in [2.45, 2.75) is 19.5 Å². The van der Waals surface area contributed by atoms with E-state index in [1.807, 2.05) is 6.92 Å². The van der Waals surface area contributed by atoms with Crippen LogP contribution in [-0.4, -0.2) is 24.3 Å². The molecule has 0 aliphatic carbocycles. The summed E-state index contributed by atoms with van der Waals surface area (Å²) in [5, 5.41) is 4.91. The van der Waals surface area contributed by atoms with Gasteiger partial charge < -0.3 is 15.4 Å². The molecule has 12 heteroatoms. The van der Waals surface area contributed by atoms with E-state index in [1.165, 1.54) is 0 Å². The van der Waals surface area contributed by atoms with Gasteiger partial charge in [-0.3, -0.25) is 14.4 Å². The van der Waals surface area contributed by atoms with Crippen molar-refractivity contribution < 1.29 is 32.3 Å². The minimum absolute atomic E-state index is 0.0314. The van der Waals surface area contributed by atoms with Gasteiger partial charge in [-0.25, -0.2) is 4.90 Å². The second-order valence-electron chi connectivity index (χ2n) is 8.30. The number of carbonyl (C=O) groups excluding carboxylic acids is 3. The van der Waals surface area contributed by atoms with E-state index in [-0.39, 0.29) is 27.9 Å². The fourth-order valence-corrected chi connectivity index (χ4v) is 4.11. The van der Waals surface area contributed by atoms with Crippen LogP contribution in [0.25, 0.3) is 0 Å². The van der Waals surface area contributed by atoms with Gasteiger partial charge in [0.2, 0.25) is 5.91 Å². The largest absolute Gasteiger partial charge is 0.494 e. The molecule has 0 bridgehead atoms. The molecule has 0 saturated carbocycles. The standard InChI is InChI=1S/C27H20Cl2F3N3O4/c1-2-39-19-10-8-18(9-11-19)35-25(37)23(29)24(26(35)38)33-17-6-3-15(4-7-17)13-22(36)34-21-14-16(27(30,31)32)5-12-20(21)28/h3-12,14,33H,2,13H2,1H3,(H,34,36). The Kier molecular flexibility index (Phi) is 8.17. The first-order chi connectivity index (χ1) is 18.5. The predicted octanol–water partition coefficient (Wildman–Crippen LogP) is 6.37. The molecule has 4 rings (SSSR count). The van der Waals surface area contributed by atoms with Crippen molar-refractivity contribution in [1.29, 1.82) is 0 Å². The minimum atomic E-state index is -4.58. The van der Waals surface area contributed by atoms with Crippen LogP contribution in [0.15, 0.2) is 77.5 Å². The third-order valence-corrected chi connectivity index (χ3v) is 6.27. The number of nitrogens with one attached hydrogen (secondary N) is 2. The Labute approximate surface area is 231 Å². The Balaban J connectivity index is 1.41. The summed E-state index contributed by atoms with van der Waals surface area (Å²) in [5.41, 5.74) is 0.0735. The molecule has 0 unspecified atom stereocenters. The number of benzene rings is 3. The van der Waals surface area contributed by atoms with Crippen LogP contribution in [0.5, 0.6) is 5.75 Å². The van der Waals surface area contributed by atoms with E-state index in [0.717, 1.165) is 23.1 Å². The highest BCUT2D eigenvalue weighted by molar-refractivity contribution is 6.53. The van der Waals surface area contributed by atoms with Crippen LogP contribution in [0.4, 0.5) is 30.2 Å². The van der Waals surface area contributed by atoms with Gasteiger partial charge in [0.25, 0.3) is 11.8 Å². The number of hydrogen-bond donors (Lipinski definition) is 2. The lowest BCUT2D eigenvalue weighted by Gasteiger charge is -2.15. The maximum absolute atomic E-state index is 13.0. The molecule has 1 aliphatic rings. The van der Waals surface area contributed by atoms with Gasteiger partial charge in [0.15, 0.2) is 0 Å². The Hall–Kier alpha value is -4.02. The molecule has 3 aromatic rings. The molecular formula is C27H20Cl2F3N3O4. The number of nitrogens with zero attached hydrogens (tertiary/aromatic N) is 1. The van der Waals surface area contributed by atoms with E-state index < -0.39 is 29.5 Å². The molecule has 7 nitrogen and oxygen atoms in total. The molecule has 3 amide bonds. The van der Waals surface area contributed by atoms with Crippen molar-refractivity contribution in [3.63, 3.8) is 0 Å². The van der Waals surface area contributed by atoms with E-state index in [1.54, 1.807) is 48.5 Å². The van der Waals surface area contributed by atoms with Crippen molar-refractivity contribution in [1.82, 2.24) is 0 Å². The van der Waals surface area contributed by atoms with Crippen LogP contribution in [0, 0.1) is 0 Å². The zero-order valence-corrected chi connectivity index (χ0v) is 21.7. The Morgan fingerprint density at radius 3 is 2.23 bits per heavy atom. The number of amides is 3. The number of anilines is 3. The SMILES string of the molecule is CCOc1ccc(N2C(=O)C(Cl)=C(Nc3ccc(CC(=O)Nc4cc(C(F)(F)F)ccc4Cl)cc3)C2=O)cc1. The Morgan fingerprint density at radius 2 is 1.62 bits per heavy atom. The Morgan fingerprint density at radius 1 is 0.949 bits per heavy atom. The van der Waals surface area contributed by atoms with Crippen molar-refractivity contribution in [3.8, 4) is 5.75 Å². The van der Waals surface area contributed by atoms with Gasteiger partial charge >= 0.3 is 6.18 Å². The third kappa shape index (κ3) is 6.35. The summed E-state index contributed by atoms with van der Waals surface area (Å²) in [5.74, 6) is -1.32. The van der Waals surface area contributed by atoms with E-state index in [4.69, 9.17) is 27.9 Å². The van der Waals surface area contributed by atoms with Crippen LogP contribution in [-0.2, 0) is 27.0 Å². The van der Waals surface area contributed by atoms with Crippen LogP contribution >= 0.6 is 23.2 Å². The summed E-state index contributed by atoms with van der Waals surface area (Å²) in [4.78, 5) is 39.0. The quantitative estimate of drug-likeness (QED) is 0.303. The maximum atomic E-state index is 13.0. The second kappa shape index (κ2) is 11.4. The minimum Gasteiger partial charge on any atom is -0.494 e. The first-order valence-electron chi connectivity index (χ1n) is 11.5. The van der Waals surface area contributed by atoms with Gasteiger partial charge in [0.1, 0.15) is 16.5 Å². The third-order valence-electron chi connectivity index (χ3n) is 5.59. The van der Waals surface area contributed by atoms with Gasteiger partial charge in [0.05, 0.1) is 35.0 Å². The molecule has 0 saturated heterocycles. The van der Waals surface area contributed by atoms with Gasteiger partial charge in [0, 0.05) is 5.69 Å². The Bertz CT molecular complexity index is 1460. The molecule has 39 heavy (non-hydrogen) atoms. The molecule has 0 atom stereocenters. The number of rotatable bonds is 8. The number of halogens is 5. The zero-order valence-electron chi connectivity index (χ0n) is 20.2. The van der Waals surface area contributed by atoms with Crippen LogP contribution in [0.3, 0.4) is 0 Å². The van der Waals surface area contributed by atoms with E-state index in [0.29, 0.717) is 29.3 Å². The number of imide groups is 1. The van der Waals surface area contributed by atoms with Crippen molar-refractivity contribution >= 4 is 58.0 Å². The average Bonchev–Trinajstić information content (AvgIpc) is 3.09. The summed E-state index contributed by atoms with van der Waals surface area (Å²) >= 11 is 12.1. The summed E-state index contributed by atoms with van der Waals surface area (Å²) in [6.07, 6.45) is -4.74. The lowest BCUT2D eigenvalue weighted by molar-refractivity contribution is -0.137. The van der Waals surface area contributed by atoms with Crippen LogP contribution in [0.2, 0.25) is 5.02 Å². The molecule has 202 valence electrons. The fraction of sp³-hybridized carbons (Fsp3) is 0.148. The fourth-order valence-electron chi connectivity index (χ4n) is 3.73. The lowest BCUT2D eigenvalue weighted by Crippen LogP contribution is -2.32. The summed E-state index contributed by atoms with van der Waals surface area (Å²) in [6, 6.07) is 15.3. The van der Waals surface area contributed by atoms with Crippen LogP contribution in [0.1, 0.15) is 18.1 Å². The zero-order chi connectivity index (χ0) is 28.3. The first kappa shape index (κ1) is 28.0.